The SMILES string of the molecule is CCCCCCCCCCC(=O)OC[C@H](COP(=O)(O)OC[C@H](O)COP(=O)(O)OC[C@@H](COC(=O)CCCCCCCCCCCCCCC(C)C)OC(=O)CCCCCCCCCCCCCCCCCCCCC(C)C)OC(=O)CCCCCCCCCCCC(C)C. The Labute approximate surface area is 588 Å². The van der Waals surface area contributed by atoms with Gasteiger partial charge in [0.05, 0.1) is 26.4 Å². The quantitative estimate of drug-likeness (QED) is 0.0222. The van der Waals surface area contributed by atoms with Gasteiger partial charge in [-0.3, -0.25) is 37.3 Å². The van der Waals surface area contributed by atoms with Crippen LogP contribution in [0, 0.1) is 17.8 Å². The van der Waals surface area contributed by atoms with Crippen LogP contribution in [0.4, 0.5) is 0 Å². The minimum atomic E-state index is -4.96. The number of hydrogen-bond acceptors (Lipinski definition) is 15. The van der Waals surface area contributed by atoms with E-state index in [1.54, 1.807) is 0 Å². The lowest BCUT2D eigenvalue weighted by Gasteiger charge is -2.21. The maximum Gasteiger partial charge on any atom is 0.472 e. The van der Waals surface area contributed by atoms with Gasteiger partial charge in [-0.1, -0.05) is 344 Å². The Hall–Kier alpha value is -1.94. The summed E-state index contributed by atoms with van der Waals surface area (Å²) in [5, 5.41) is 10.6. The van der Waals surface area contributed by atoms with Gasteiger partial charge in [-0.2, -0.15) is 0 Å². The fraction of sp³-hybridized carbons (Fsp3) is 0.948. The van der Waals surface area contributed by atoms with Crippen molar-refractivity contribution in [1.29, 1.82) is 0 Å². The normalized spacial score (nSPS) is 14.1. The number of ether oxygens (including phenoxy) is 4. The van der Waals surface area contributed by atoms with Crippen LogP contribution in [-0.2, 0) is 65.4 Å². The molecule has 3 N–H and O–H groups in total. The molecule has 0 aliphatic carbocycles. The number of rotatable bonds is 75. The molecule has 5 atom stereocenters. The zero-order valence-electron chi connectivity index (χ0n) is 62.8. The van der Waals surface area contributed by atoms with E-state index >= 15 is 0 Å². The topological polar surface area (TPSA) is 237 Å². The first-order valence-electron chi connectivity index (χ1n) is 39.8. The van der Waals surface area contributed by atoms with Gasteiger partial charge in [0.25, 0.3) is 0 Å². The van der Waals surface area contributed by atoms with Crippen molar-refractivity contribution in [3.8, 4) is 0 Å². The molecule has 17 nitrogen and oxygen atoms in total. The second-order valence-corrected chi connectivity index (χ2v) is 32.1. The second-order valence-electron chi connectivity index (χ2n) is 29.2. The van der Waals surface area contributed by atoms with E-state index in [9.17, 15) is 43.2 Å². The van der Waals surface area contributed by atoms with E-state index in [-0.39, 0.29) is 25.7 Å². The molecule has 0 fully saturated rings. The van der Waals surface area contributed by atoms with Crippen molar-refractivity contribution in [3.05, 3.63) is 0 Å². The summed E-state index contributed by atoms with van der Waals surface area (Å²) in [6.45, 7) is 11.9. The molecule has 0 radical (unpaired) electrons. The lowest BCUT2D eigenvalue weighted by molar-refractivity contribution is -0.161. The number of phosphoric ester groups is 2. The van der Waals surface area contributed by atoms with E-state index in [2.05, 4.69) is 48.5 Å². The summed E-state index contributed by atoms with van der Waals surface area (Å²) < 4.78 is 68.5. The molecule has 0 heterocycles. The van der Waals surface area contributed by atoms with Gasteiger partial charge in [0.15, 0.2) is 12.2 Å². The fourth-order valence-corrected chi connectivity index (χ4v) is 13.4. The first kappa shape index (κ1) is 94.1. The van der Waals surface area contributed by atoms with Crippen molar-refractivity contribution in [2.24, 2.45) is 17.8 Å². The van der Waals surface area contributed by atoms with Gasteiger partial charge in [-0.25, -0.2) is 9.13 Å². The van der Waals surface area contributed by atoms with Gasteiger partial charge in [0.1, 0.15) is 19.3 Å². The second kappa shape index (κ2) is 67.5. The van der Waals surface area contributed by atoms with Gasteiger partial charge in [-0.05, 0) is 43.4 Å². The molecule has 0 saturated heterocycles. The number of aliphatic hydroxyl groups excluding tert-OH is 1. The van der Waals surface area contributed by atoms with Crippen molar-refractivity contribution in [3.63, 3.8) is 0 Å². The molecule has 0 bridgehead atoms. The van der Waals surface area contributed by atoms with Crippen molar-refractivity contribution in [1.82, 2.24) is 0 Å². The molecule has 0 aliphatic heterocycles. The molecule has 2 unspecified atom stereocenters. The number of esters is 4. The maximum atomic E-state index is 13.1. The molecule has 0 saturated carbocycles. The molecule has 0 spiro atoms. The lowest BCUT2D eigenvalue weighted by Crippen LogP contribution is -2.30. The van der Waals surface area contributed by atoms with Crippen LogP contribution in [0.1, 0.15) is 395 Å². The summed E-state index contributed by atoms with van der Waals surface area (Å²) in [6.07, 6.45) is 54.3. The number of carbonyl (C=O) groups excluding carboxylic acids is 4. The summed E-state index contributed by atoms with van der Waals surface area (Å²) in [7, 11) is -9.91. The average molecular weight is 1410 g/mol. The Morgan fingerprint density at radius 2 is 0.479 bits per heavy atom. The zero-order chi connectivity index (χ0) is 70.9. The number of unbranched alkanes of at least 4 members (excludes halogenated alkanes) is 43. The molecule has 570 valence electrons. The minimum Gasteiger partial charge on any atom is -0.462 e. The van der Waals surface area contributed by atoms with E-state index in [0.717, 1.165) is 114 Å². The highest BCUT2D eigenvalue weighted by molar-refractivity contribution is 7.47. The highest BCUT2D eigenvalue weighted by Crippen LogP contribution is 2.45. The molecular weight excluding hydrogens is 1260 g/mol. The van der Waals surface area contributed by atoms with Crippen LogP contribution in [0.3, 0.4) is 0 Å². The first-order valence-corrected chi connectivity index (χ1v) is 42.8. The summed E-state index contributed by atoms with van der Waals surface area (Å²) in [5.74, 6) is 0.219. The summed E-state index contributed by atoms with van der Waals surface area (Å²) in [4.78, 5) is 72.7. The standard InChI is InChI=1S/C77H150O17P2/c1-8-9-10-11-12-37-44-51-58-74(79)87-64-72(94-77(82)61-54-47-40-33-27-30-36-43-50-57-70(6)7)66-91-95(83,84)89-62-71(78)63-90-96(85,86)92-67-73(65-88-75(80)59-52-45-38-31-25-22-21-24-29-35-42-49-56-69(4)5)93-76(81)60-53-46-39-32-26-20-18-16-14-13-15-17-19-23-28-34-41-48-55-68(2)3/h68-73,78H,8-67H2,1-7H3,(H,83,84)(H,85,86)/t71-,72+,73+/m0/s1. The molecule has 0 amide bonds. The van der Waals surface area contributed by atoms with Crippen LogP contribution < -0.4 is 0 Å². The number of aliphatic hydroxyl groups is 1. The minimum absolute atomic E-state index is 0.105. The van der Waals surface area contributed by atoms with E-state index < -0.39 is 97.5 Å². The van der Waals surface area contributed by atoms with Gasteiger partial charge >= 0.3 is 39.5 Å². The third-order valence-corrected chi connectivity index (χ3v) is 19.8. The van der Waals surface area contributed by atoms with E-state index in [4.69, 9.17) is 37.0 Å². The monoisotopic (exact) mass is 1410 g/mol. The van der Waals surface area contributed by atoms with Gasteiger partial charge in [0.2, 0.25) is 0 Å². The average Bonchev–Trinajstić information content (AvgIpc) is 1.12. The summed E-state index contributed by atoms with van der Waals surface area (Å²) >= 11 is 0. The molecule has 0 aromatic rings. The van der Waals surface area contributed by atoms with Crippen molar-refractivity contribution >= 4 is 39.5 Å². The largest absolute Gasteiger partial charge is 0.472 e. The Balaban J connectivity index is 5.19. The smallest absolute Gasteiger partial charge is 0.462 e. The van der Waals surface area contributed by atoms with Crippen LogP contribution in [0.5, 0.6) is 0 Å². The summed E-state index contributed by atoms with van der Waals surface area (Å²) in [5.41, 5.74) is 0. The van der Waals surface area contributed by atoms with Gasteiger partial charge in [0, 0.05) is 25.7 Å². The highest BCUT2D eigenvalue weighted by Gasteiger charge is 2.30. The Kier molecular flexibility index (Phi) is 66.2. The highest BCUT2D eigenvalue weighted by atomic mass is 31.2. The molecule has 0 aromatic carbocycles. The maximum absolute atomic E-state index is 13.1. The van der Waals surface area contributed by atoms with E-state index in [1.165, 1.54) is 199 Å². The number of hydrogen-bond donors (Lipinski definition) is 3. The lowest BCUT2D eigenvalue weighted by atomic mass is 10.0. The molecule has 0 aliphatic rings. The predicted octanol–water partition coefficient (Wildman–Crippen LogP) is 22.6. The summed E-state index contributed by atoms with van der Waals surface area (Å²) in [6, 6.07) is 0. The Morgan fingerprint density at radius 1 is 0.281 bits per heavy atom. The first-order chi connectivity index (χ1) is 46.2. The third-order valence-electron chi connectivity index (χ3n) is 17.9. The van der Waals surface area contributed by atoms with Crippen LogP contribution in [-0.4, -0.2) is 96.7 Å². The van der Waals surface area contributed by atoms with Gasteiger partial charge in [-0.15, -0.1) is 0 Å². The van der Waals surface area contributed by atoms with Crippen LogP contribution in [0.25, 0.3) is 0 Å². The molecule has 0 rings (SSSR count). The van der Waals surface area contributed by atoms with Crippen LogP contribution in [0.2, 0.25) is 0 Å². The zero-order valence-corrected chi connectivity index (χ0v) is 64.6. The van der Waals surface area contributed by atoms with Gasteiger partial charge < -0.3 is 33.8 Å². The fourth-order valence-electron chi connectivity index (χ4n) is 11.8. The molecule has 19 heteroatoms. The van der Waals surface area contributed by atoms with E-state index in [0.29, 0.717) is 25.7 Å². The Bertz CT molecular complexity index is 1870. The van der Waals surface area contributed by atoms with Crippen LogP contribution >= 0.6 is 15.6 Å². The third kappa shape index (κ3) is 70.5. The molecule has 0 aromatic heterocycles. The molecule has 96 heavy (non-hydrogen) atoms. The number of carbonyl (C=O) groups is 4. The van der Waals surface area contributed by atoms with Crippen molar-refractivity contribution in [2.75, 3.05) is 39.6 Å². The van der Waals surface area contributed by atoms with Crippen molar-refractivity contribution < 1.29 is 80.2 Å². The van der Waals surface area contributed by atoms with E-state index in [1.807, 2.05) is 0 Å². The predicted molar refractivity (Wildman–Crippen MR) is 391 cm³/mol. The Morgan fingerprint density at radius 3 is 0.708 bits per heavy atom. The number of phosphoric acid groups is 2. The molecular formula is C77H150O17P2. The van der Waals surface area contributed by atoms with Crippen molar-refractivity contribution in [2.45, 2.75) is 414 Å². The van der Waals surface area contributed by atoms with Crippen LogP contribution in [0.15, 0.2) is 0 Å².